The molecule has 0 aromatic heterocycles. The van der Waals surface area contributed by atoms with Crippen molar-refractivity contribution in [3.63, 3.8) is 0 Å². The summed E-state index contributed by atoms with van der Waals surface area (Å²) in [6.45, 7) is 3.13. The first-order valence-electron chi connectivity index (χ1n) is 10.5. The van der Waals surface area contributed by atoms with Crippen LogP contribution in [0, 0.1) is 0 Å². The fourth-order valence-electron chi connectivity index (χ4n) is 3.39. The minimum atomic E-state index is 0.843. The molecule has 0 atom stereocenters. The van der Waals surface area contributed by atoms with Crippen molar-refractivity contribution in [1.29, 1.82) is 0 Å². The number of fused-ring (bicyclic) bond motifs is 1. The van der Waals surface area contributed by atoms with Crippen molar-refractivity contribution in [2.24, 2.45) is 0 Å². The first-order chi connectivity index (χ1) is 12.4. The van der Waals surface area contributed by atoms with E-state index in [4.69, 9.17) is 4.74 Å². The lowest BCUT2D eigenvalue weighted by Gasteiger charge is -2.07. The molecule has 1 nitrogen and oxygen atoms in total. The number of ether oxygens (including phenoxy) is 1. The van der Waals surface area contributed by atoms with Gasteiger partial charge in [-0.15, -0.1) is 0 Å². The normalized spacial score (nSPS) is 11.1. The Bertz CT molecular complexity index is 575. The van der Waals surface area contributed by atoms with Gasteiger partial charge in [0.15, 0.2) is 0 Å². The summed E-state index contributed by atoms with van der Waals surface area (Å²) in [6, 6.07) is 14.8. The third-order valence-corrected chi connectivity index (χ3v) is 4.99. The van der Waals surface area contributed by atoms with Gasteiger partial charge in [-0.05, 0) is 29.3 Å². The van der Waals surface area contributed by atoms with Gasteiger partial charge in [0, 0.05) is 0 Å². The molecule has 0 bridgehead atoms. The quantitative estimate of drug-likeness (QED) is 0.317. The molecule has 2 aromatic rings. The zero-order valence-corrected chi connectivity index (χ0v) is 16.1. The van der Waals surface area contributed by atoms with Crippen LogP contribution in [0.25, 0.3) is 10.8 Å². The molecule has 0 saturated heterocycles. The zero-order chi connectivity index (χ0) is 17.6. The summed E-state index contributed by atoms with van der Waals surface area (Å²) < 4.78 is 5.91. The molecule has 0 unspecified atom stereocenters. The lowest BCUT2D eigenvalue weighted by molar-refractivity contribution is 0.304. The predicted octanol–water partition coefficient (Wildman–Crippen LogP) is 7.92. The third kappa shape index (κ3) is 8.43. The molecule has 0 aliphatic carbocycles. The minimum Gasteiger partial charge on any atom is -0.494 e. The monoisotopic (exact) mass is 340 g/mol. The predicted molar refractivity (Wildman–Crippen MR) is 111 cm³/mol. The van der Waals surface area contributed by atoms with Crippen LogP contribution in [0.15, 0.2) is 42.5 Å². The highest BCUT2D eigenvalue weighted by Gasteiger charge is 1.98. The van der Waals surface area contributed by atoms with Gasteiger partial charge in [-0.3, -0.25) is 0 Å². The molecule has 0 aliphatic rings. The van der Waals surface area contributed by atoms with E-state index in [1.165, 1.54) is 87.8 Å². The lowest BCUT2D eigenvalue weighted by atomic mass is 10.1. The molecule has 0 aliphatic heterocycles. The van der Waals surface area contributed by atoms with Crippen molar-refractivity contribution in [3.05, 3.63) is 42.5 Å². The van der Waals surface area contributed by atoms with E-state index in [1.807, 2.05) is 0 Å². The largest absolute Gasteiger partial charge is 0.494 e. The molecule has 0 heterocycles. The van der Waals surface area contributed by atoms with Crippen LogP contribution in [0.3, 0.4) is 0 Å². The Labute approximate surface area is 154 Å². The van der Waals surface area contributed by atoms with E-state index in [9.17, 15) is 0 Å². The van der Waals surface area contributed by atoms with Crippen LogP contribution < -0.4 is 4.74 Å². The maximum atomic E-state index is 5.91. The van der Waals surface area contributed by atoms with Gasteiger partial charge in [-0.25, -0.2) is 0 Å². The highest BCUT2D eigenvalue weighted by atomic mass is 16.5. The maximum Gasteiger partial charge on any atom is 0.119 e. The fraction of sp³-hybridized carbons (Fsp3) is 0.583. The van der Waals surface area contributed by atoms with E-state index in [0.717, 1.165) is 12.4 Å². The van der Waals surface area contributed by atoms with E-state index >= 15 is 0 Å². The molecular formula is C24H36O. The fourth-order valence-corrected chi connectivity index (χ4v) is 3.39. The molecule has 0 fully saturated rings. The second-order valence-corrected chi connectivity index (χ2v) is 7.25. The topological polar surface area (TPSA) is 9.23 Å². The molecule has 0 spiro atoms. The van der Waals surface area contributed by atoms with Crippen LogP contribution in [0.2, 0.25) is 0 Å². The summed E-state index contributed by atoms with van der Waals surface area (Å²) in [5.41, 5.74) is 0. The van der Waals surface area contributed by atoms with Gasteiger partial charge in [0.05, 0.1) is 6.61 Å². The molecule has 0 radical (unpaired) electrons. The standard InChI is InChI=1S/C24H36O/c1-2-3-4-5-6-7-8-9-10-11-12-15-20-25-24-19-18-22-16-13-14-17-23(22)21-24/h13-14,16-19,21H,2-12,15,20H2,1H3. The highest BCUT2D eigenvalue weighted by Crippen LogP contribution is 2.21. The van der Waals surface area contributed by atoms with Gasteiger partial charge < -0.3 is 4.74 Å². The number of hydrogen-bond acceptors (Lipinski definition) is 1. The van der Waals surface area contributed by atoms with E-state index in [-0.39, 0.29) is 0 Å². The van der Waals surface area contributed by atoms with Crippen molar-refractivity contribution in [1.82, 2.24) is 0 Å². The van der Waals surface area contributed by atoms with Gasteiger partial charge in [-0.2, -0.15) is 0 Å². The van der Waals surface area contributed by atoms with Crippen LogP contribution in [-0.4, -0.2) is 6.61 Å². The van der Waals surface area contributed by atoms with Crippen molar-refractivity contribution in [2.45, 2.75) is 84.0 Å². The van der Waals surface area contributed by atoms with E-state index in [0.29, 0.717) is 0 Å². The number of benzene rings is 2. The molecule has 0 N–H and O–H groups in total. The van der Waals surface area contributed by atoms with Crippen LogP contribution in [0.4, 0.5) is 0 Å². The average molecular weight is 341 g/mol. The Balaban J connectivity index is 1.43. The second-order valence-electron chi connectivity index (χ2n) is 7.25. The number of rotatable bonds is 14. The molecule has 25 heavy (non-hydrogen) atoms. The maximum absolute atomic E-state index is 5.91. The molecule has 0 saturated carbocycles. The molecule has 1 heteroatoms. The number of unbranched alkanes of at least 4 members (excludes halogenated alkanes) is 11. The van der Waals surface area contributed by atoms with E-state index < -0.39 is 0 Å². The highest BCUT2D eigenvalue weighted by molar-refractivity contribution is 5.83. The SMILES string of the molecule is CCCCCCCCCCCCCCOc1ccc2ccccc2c1. The molecular weight excluding hydrogens is 304 g/mol. The van der Waals surface area contributed by atoms with Gasteiger partial charge in [-0.1, -0.05) is 108 Å². The van der Waals surface area contributed by atoms with Gasteiger partial charge in [0.25, 0.3) is 0 Å². The summed E-state index contributed by atoms with van der Waals surface area (Å²) in [5, 5.41) is 2.54. The van der Waals surface area contributed by atoms with Gasteiger partial charge >= 0.3 is 0 Å². The first kappa shape index (κ1) is 19.8. The molecule has 0 amide bonds. The average Bonchev–Trinajstić information content (AvgIpc) is 2.65. The third-order valence-electron chi connectivity index (χ3n) is 4.99. The van der Waals surface area contributed by atoms with Crippen LogP contribution in [-0.2, 0) is 0 Å². The van der Waals surface area contributed by atoms with Crippen LogP contribution in [0.1, 0.15) is 84.0 Å². The summed E-state index contributed by atoms with van der Waals surface area (Å²) in [4.78, 5) is 0. The Morgan fingerprint density at radius 2 is 1.16 bits per heavy atom. The van der Waals surface area contributed by atoms with Crippen LogP contribution >= 0.6 is 0 Å². The second kappa shape index (κ2) is 12.8. The summed E-state index contributed by atoms with van der Waals surface area (Å²) in [5.74, 6) is 1.00. The summed E-state index contributed by atoms with van der Waals surface area (Å²) >= 11 is 0. The minimum absolute atomic E-state index is 0.843. The lowest BCUT2D eigenvalue weighted by Crippen LogP contribution is -1.97. The van der Waals surface area contributed by atoms with Gasteiger partial charge in [0.1, 0.15) is 5.75 Å². The van der Waals surface area contributed by atoms with Gasteiger partial charge in [0.2, 0.25) is 0 Å². The molecule has 2 aromatic carbocycles. The van der Waals surface area contributed by atoms with E-state index in [2.05, 4.69) is 49.4 Å². The Morgan fingerprint density at radius 3 is 1.80 bits per heavy atom. The van der Waals surface area contributed by atoms with Crippen LogP contribution in [0.5, 0.6) is 5.75 Å². The summed E-state index contributed by atoms with van der Waals surface area (Å²) in [7, 11) is 0. The van der Waals surface area contributed by atoms with E-state index in [1.54, 1.807) is 0 Å². The first-order valence-corrected chi connectivity index (χ1v) is 10.5. The van der Waals surface area contributed by atoms with Crippen molar-refractivity contribution in [3.8, 4) is 5.75 Å². The smallest absolute Gasteiger partial charge is 0.119 e. The Kier molecular flexibility index (Phi) is 10.2. The number of hydrogen-bond donors (Lipinski definition) is 0. The Hall–Kier alpha value is -1.50. The van der Waals surface area contributed by atoms with Crippen molar-refractivity contribution in [2.75, 3.05) is 6.61 Å². The molecule has 2 rings (SSSR count). The Morgan fingerprint density at radius 1 is 0.600 bits per heavy atom. The van der Waals surface area contributed by atoms with Crippen molar-refractivity contribution >= 4 is 10.8 Å². The molecule has 138 valence electrons. The van der Waals surface area contributed by atoms with Crippen molar-refractivity contribution < 1.29 is 4.74 Å². The summed E-state index contributed by atoms with van der Waals surface area (Å²) in [6.07, 6.45) is 16.6. The zero-order valence-electron chi connectivity index (χ0n) is 16.1.